The minimum absolute atomic E-state index is 0.243. The molecule has 154 valence electrons. The topological polar surface area (TPSA) is 73.9 Å². The first-order valence-corrected chi connectivity index (χ1v) is 9.46. The largest absolute Gasteiger partial charge is 0.493 e. The van der Waals surface area contributed by atoms with E-state index < -0.39 is 18.0 Å². The van der Waals surface area contributed by atoms with Crippen molar-refractivity contribution in [1.29, 1.82) is 0 Å². The Morgan fingerprint density at radius 1 is 1.17 bits per heavy atom. The van der Waals surface area contributed by atoms with E-state index in [9.17, 15) is 9.59 Å². The maximum absolute atomic E-state index is 12.1. The molecule has 2 aromatic rings. The normalized spacial score (nSPS) is 11.7. The molecule has 1 amide bonds. The summed E-state index contributed by atoms with van der Waals surface area (Å²) in [6.45, 7) is 3.30. The highest BCUT2D eigenvalue weighted by molar-refractivity contribution is 6.31. The van der Waals surface area contributed by atoms with Gasteiger partial charge >= 0.3 is 5.97 Å². The first-order valence-electron chi connectivity index (χ1n) is 9.08. The molecular formula is C22H24ClNO5. The number of halogens is 1. The number of methoxy groups -OCH3 is 1. The van der Waals surface area contributed by atoms with Crippen molar-refractivity contribution in [3.8, 4) is 11.5 Å². The van der Waals surface area contributed by atoms with Crippen molar-refractivity contribution in [3.05, 3.63) is 64.7 Å². The highest BCUT2D eigenvalue weighted by Crippen LogP contribution is 2.28. The van der Waals surface area contributed by atoms with E-state index in [1.165, 1.54) is 14.0 Å². The first-order chi connectivity index (χ1) is 13.9. The molecule has 7 heteroatoms. The molecule has 0 saturated heterocycles. The molecule has 29 heavy (non-hydrogen) atoms. The lowest BCUT2D eigenvalue weighted by Gasteiger charge is -2.15. The molecule has 0 radical (unpaired) electrons. The third-order valence-corrected chi connectivity index (χ3v) is 4.35. The van der Waals surface area contributed by atoms with Crippen molar-refractivity contribution in [2.45, 2.75) is 26.5 Å². The predicted molar refractivity (Wildman–Crippen MR) is 112 cm³/mol. The fourth-order valence-corrected chi connectivity index (χ4v) is 2.69. The molecule has 1 N–H and O–H groups in total. The molecule has 0 unspecified atom stereocenters. The van der Waals surface area contributed by atoms with Gasteiger partial charge in [0.15, 0.2) is 24.2 Å². The maximum atomic E-state index is 12.1. The van der Waals surface area contributed by atoms with E-state index in [1.54, 1.807) is 24.3 Å². The van der Waals surface area contributed by atoms with Gasteiger partial charge in [0, 0.05) is 11.6 Å². The van der Waals surface area contributed by atoms with Crippen LogP contribution in [0.2, 0.25) is 5.02 Å². The maximum Gasteiger partial charge on any atom is 0.344 e. The number of carbonyl (C=O) groups is 2. The Labute approximate surface area is 175 Å². The van der Waals surface area contributed by atoms with E-state index in [4.69, 9.17) is 25.8 Å². The van der Waals surface area contributed by atoms with Gasteiger partial charge in [-0.05, 0) is 43.2 Å². The summed E-state index contributed by atoms with van der Waals surface area (Å²) in [5, 5.41) is 3.24. The summed E-state index contributed by atoms with van der Waals surface area (Å²) in [4.78, 5) is 24.2. The summed E-state index contributed by atoms with van der Waals surface area (Å²) in [5.41, 5.74) is 1.72. The Balaban J connectivity index is 1.84. The molecule has 0 bridgehead atoms. The zero-order valence-corrected chi connectivity index (χ0v) is 17.4. The standard InChI is InChI=1S/C22H24ClNO5/c1-4-7-16-10-11-19(20(12-16)27-3)28-14-21(25)29-15(2)22(26)24-13-17-8-5-6-9-18(17)23/h4-12,15H,13-14H2,1-3H3,(H,24,26)/b7-4+/t15-/m0/s1. The van der Waals surface area contributed by atoms with Gasteiger partial charge in [-0.2, -0.15) is 0 Å². The van der Waals surface area contributed by atoms with Gasteiger partial charge < -0.3 is 19.5 Å². The van der Waals surface area contributed by atoms with Gasteiger partial charge in [-0.3, -0.25) is 4.79 Å². The van der Waals surface area contributed by atoms with Crippen LogP contribution in [0.4, 0.5) is 0 Å². The van der Waals surface area contributed by atoms with E-state index in [1.807, 2.05) is 37.3 Å². The van der Waals surface area contributed by atoms with Crippen LogP contribution in [0, 0.1) is 0 Å². The third-order valence-electron chi connectivity index (χ3n) is 3.98. The quantitative estimate of drug-likeness (QED) is 0.624. The number of carbonyl (C=O) groups excluding carboxylic acids is 2. The molecule has 0 spiro atoms. The average molecular weight is 418 g/mol. The summed E-state index contributed by atoms with van der Waals surface area (Å²) >= 11 is 6.06. The van der Waals surface area contributed by atoms with E-state index in [2.05, 4.69) is 5.32 Å². The molecule has 0 aliphatic rings. The van der Waals surface area contributed by atoms with Gasteiger partial charge in [-0.1, -0.05) is 48.0 Å². The second kappa shape index (κ2) is 11.1. The van der Waals surface area contributed by atoms with Crippen LogP contribution in [0.3, 0.4) is 0 Å². The Kier molecular flexibility index (Phi) is 8.55. The van der Waals surface area contributed by atoms with Crippen LogP contribution >= 0.6 is 11.6 Å². The Morgan fingerprint density at radius 3 is 2.62 bits per heavy atom. The molecule has 0 aromatic heterocycles. The van der Waals surface area contributed by atoms with Crippen molar-refractivity contribution in [2.75, 3.05) is 13.7 Å². The minimum Gasteiger partial charge on any atom is -0.493 e. The minimum atomic E-state index is -0.965. The molecule has 0 aliphatic heterocycles. The van der Waals surface area contributed by atoms with Gasteiger partial charge in [0.2, 0.25) is 0 Å². The first kappa shape index (κ1) is 22.3. The van der Waals surface area contributed by atoms with E-state index in [-0.39, 0.29) is 13.2 Å². The monoisotopic (exact) mass is 417 g/mol. The van der Waals surface area contributed by atoms with Crippen molar-refractivity contribution >= 4 is 29.6 Å². The number of hydrogen-bond donors (Lipinski definition) is 1. The van der Waals surface area contributed by atoms with Crippen molar-refractivity contribution in [1.82, 2.24) is 5.32 Å². The zero-order valence-electron chi connectivity index (χ0n) is 16.6. The van der Waals surface area contributed by atoms with Gasteiger partial charge in [-0.15, -0.1) is 0 Å². The molecule has 1 atom stereocenters. The van der Waals surface area contributed by atoms with E-state index in [0.717, 1.165) is 11.1 Å². The van der Waals surface area contributed by atoms with Crippen LogP contribution in [0.25, 0.3) is 6.08 Å². The Hall–Kier alpha value is -2.99. The summed E-state index contributed by atoms with van der Waals surface area (Å²) in [5.74, 6) is -0.177. The summed E-state index contributed by atoms with van der Waals surface area (Å²) in [7, 11) is 1.52. The highest BCUT2D eigenvalue weighted by atomic mass is 35.5. The number of esters is 1. The number of benzene rings is 2. The lowest BCUT2D eigenvalue weighted by molar-refractivity contribution is -0.156. The van der Waals surface area contributed by atoms with Crippen molar-refractivity contribution in [2.24, 2.45) is 0 Å². The predicted octanol–water partition coefficient (Wildman–Crippen LogP) is 4.01. The number of ether oxygens (including phenoxy) is 3. The van der Waals surface area contributed by atoms with Gasteiger partial charge in [0.25, 0.3) is 5.91 Å². The molecule has 2 rings (SSSR count). The third kappa shape index (κ3) is 6.84. The number of hydrogen-bond acceptors (Lipinski definition) is 5. The lowest BCUT2D eigenvalue weighted by atomic mass is 10.2. The van der Waals surface area contributed by atoms with Gasteiger partial charge in [-0.25, -0.2) is 4.79 Å². The second-order valence-electron chi connectivity index (χ2n) is 6.14. The Bertz CT molecular complexity index is 881. The molecule has 0 aliphatic carbocycles. The molecule has 0 heterocycles. The molecule has 2 aromatic carbocycles. The number of nitrogens with one attached hydrogen (secondary N) is 1. The van der Waals surface area contributed by atoms with Gasteiger partial charge in [0.1, 0.15) is 0 Å². The summed E-state index contributed by atoms with van der Waals surface area (Å²) < 4.78 is 15.9. The van der Waals surface area contributed by atoms with E-state index in [0.29, 0.717) is 16.5 Å². The van der Waals surface area contributed by atoms with E-state index >= 15 is 0 Å². The molecular weight excluding hydrogens is 394 g/mol. The number of amides is 1. The SMILES string of the molecule is C/C=C/c1ccc(OCC(=O)O[C@@H](C)C(=O)NCc2ccccc2Cl)c(OC)c1. The van der Waals surface area contributed by atoms with Gasteiger partial charge in [0.05, 0.1) is 7.11 Å². The van der Waals surface area contributed by atoms with Crippen LogP contribution in [0.15, 0.2) is 48.5 Å². The van der Waals surface area contributed by atoms with Crippen LogP contribution in [-0.4, -0.2) is 31.7 Å². The highest BCUT2D eigenvalue weighted by Gasteiger charge is 2.18. The van der Waals surface area contributed by atoms with Crippen molar-refractivity contribution in [3.63, 3.8) is 0 Å². The second-order valence-corrected chi connectivity index (χ2v) is 6.55. The fraction of sp³-hybridized carbons (Fsp3) is 0.273. The summed E-state index contributed by atoms with van der Waals surface area (Å²) in [6.07, 6.45) is 2.86. The number of allylic oxidation sites excluding steroid dienone is 1. The summed E-state index contributed by atoms with van der Waals surface area (Å²) in [6, 6.07) is 12.5. The van der Waals surface area contributed by atoms with Crippen LogP contribution < -0.4 is 14.8 Å². The fourth-order valence-electron chi connectivity index (χ4n) is 2.49. The average Bonchev–Trinajstić information content (AvgIpc) is 2.72. The number of rotatable bonds is 9. The Morgan fingerprint density at radius 2 is 1.93 bits per heavy atom. The molecule has 6 nitrogen and oxygen atoms in total. The lowest BCUT2D eigenvalue weighted by Crippen LogP contribution is -2.36. The van der Waals surface area contributed by atoms with Crippen LogP contribution in [0.1, 0.15) is 25.0 Å². The molecule has 0 fully saturated rings. The van der Waals surface area contributed by atoms with Crippen LogP contribution in [0.5, 0.6) is 11.5 Å². The van der Waals surface area contributed by atoms with Crippen LogP contribution in [-0.2, 0) is 20.9 Å². The zero-order chi connectivity index (χ0) is 21.2. The smallest absolute Gasteiger partial charge is 0.344 e. The van der Waals surface area contributed by atoms with Crippen molar-refractivity contribution < 1.29 is 23.8 Å². The molecule has 0 saturated carbocycles.